The van der Waals surface area contributed by atoms with Crippen LogP contribution in [0.25, 0.3) is 0 Å². The van der Waals surface area contributed by atoms with Crippen molar-refractivity contribution in [3.8, 4) is 0 Å². The Morgan fingerprint density at radius 1 is 1.41 bits per heavy atom. The molecular formula is C11H11FN4O. The number of hydrogen-bond donors (Lipinski definition) is 2. The van der Waals surface area contributed by atoms with Gasteiger partial charge in [0.1, 0.15) is 5.82 Å². The molecule has 1 amide bonds. The summed E-state index contributed by atoms with van der Waals surface area (Å²) in [6, 6.07) is 1.13. The number of amides is 1. The quantitative estimate of drug-likeness (QED) is 0.832. The Morgan fingerprint density at radius 3 is 2.76 bits per heavy atom. The molecule has 2 N–H and O–H groups in total. The molecule has 0 aromatic carbocycles. The van der Waals surface area contributed by atoms with E-state index in [0.717, 1.165) is 18.0 Å². The Bertz CT molecular complexity index is 545. The summed E-state index contributed by atoms with van der Waals surface area (Å²) in [4.78, 5) is 15.4. The number of rotatable bonds is 2. The van der Waals surface area contributed by atoms with Crippen molar-refractivity contribution in [3.05, 3.63) is 41.2 Å². The zero-order valence-electron chi connectivity index (χ0n) is 9.41. The van der Waals surface area contributed by atoms with Gasteiger partial charge in [-0.1, -0.05) is 0 Å². The van der Waals surface area contributed by atoms with E-state index in [1.807, 2.05) is 0 Å². The third kappa shape index (κ3) is 2.30. The molecule has 0 fully saturated rings. The second kappa shape index (κ2) is 4.32. The van der Waals surface area contributed by atoms with Crippen LogP contribution in [0.1, 0.15) is 21.7 Å². The summed E-state index contributed by atoms with van der Waals surface area (Å²) < 4.78 is 12.9. The normalized spacial score (nSPS) is 10.3. The van der Waals surface area contributed by atoms with E-state index in [2.05, 4.69) is 20.5 Å². The Balaban J connectivity index is 2.23. The number of nitrogens with zero attached hydrogens (tertiary/aromatic N) is 2. The van der Waals surface area contributed by atoms with Gasteiger partial charge in [-0.2, -0.15) is 5.10 Å². The Labute approximate surface area is 97.1 Å². The topological polar surface area (TPSA) is 70.7 Å². The molecule has 2 heterocycles. The molecule has 0 aliphatic heterocycles. The molecule has 0 saturated heterocycles. The minimum Gasteiger partial charge on any atom is -0.319 e. The number of nitrogens with one attached hydrogen (secondary N) is 2. The minimum absolute atomic E-state index is 0.171. The fourth-order valence-electron chi connectivity index (χ4n) is 1.46. The lowest BCUT2D eigenvalue weighted by Gasteiger charge is -2.04. The van der Waals surface area contributed by atoms with Crippen LogP contribution in [0.3, 0.4) is 0 Å². The number of carbonyl (C=O) groups is 1. The van der Waals surface area contributed by atoms with E-state index in [0.29, 0.717) is 11.4 Å². The third-order valence-corrected chi connectivity index (χ3v) is 2.33. The number of anilines is 1. The second-order valence-corrected chi connectivity index (χ2v) is 3.65. The van der Waals surface area contributed by atoms with Crippen LogP contribution in [0.5, 0.6) is 0 Å². The van der Waals surface area contributed by atoms with Crippen molar-refractivity contribution in [2.24, 2.45) is 0 Å². The number of hydrogen-bond acceptors (Lipinski definition) is 3. The first-order valence-corrected chi connectivity index (χ1v) is 5.01. The lowest BCUT2D eigenvalue weighted by atomic mass is 10.2. The molecule has 0 aliphatic carbocycles. The van der Waals surface area contributed by atoms with Gasteiger partial charge in [-0.25, -0.2) is 4.39 Å². The highest BCUT2D eigenvalue weighted by molar-refractivity contribution is 6.04. The zero-order valence-corrected chi connectivity index (χ0v) is 9.41. The summed E-state index contributed by atoms with van der Waals surface area (Å²) >= 11 is 0. The van der Waals surface area contributed by atoms with E-state index in [4.69, 9.17) is 0 Å². The summed E-state index contributed by atoms with van der Waals surface area (Å²) in [6.07, 6.45) is 2.36. The highest BCUT2D eigenvalue weighted by atomic mass is 19.1. The Hall–Kier alpha value is -2.24. The highest BCUT2D eigenvalue weighted by Crippen LogP contribution is 2.17. The molecule has 0 bridgehead atoms. The van der Waals surface area contributed by atoms with Crippen molar-refractivity contribution in [1.29, 1.82) is 0 Å². The molecule has 88 valence electrons. The van der Waals surface area contributed by atoms with E-state index in [1.54, 1.807) is 13.8 Å². The molecule has 2 aromatic rings. The molecule has 6 heteroatoms. The Kier molecular flexibility index (Phi) is 2.86. The van der Waals surface area contributed by atoms with Gasteiger partial charge in [-0.15, -0.1) is 0 Å². The maximum atomic E-state index is 12.9. The van der Waals surface area contributed by atoms with Crippen molar-refractivity contribution in [1.82, 2.24) is 15.2 Å². The van der Waals surface area contributed by atoms with Crippen LogP contribution >= 0.6 is 0 Å². The fraction of sp³-hybridized carbons (Fsp3) is 0.182. The molecule has 0 aliphatic rings. The van der Waals surface area contributed by atoms with Crippen LogP contribution in [-0.4, -0.2) is 21.1 Å². The number of halogens is 1. The molecule has 0 unspecified atom stereocenters. The number of aromatic amines is 1. The minimum atomic E-state index is -0.543. The average molecular weight is 234 g/mol. The largest absolute Gasteiger partial charge is 0.319 e. The average Bonchev–Trinajstić information content (AvgIpc) is 2.61. The first-order valence-electron chi connectivity index (χ1n) is 5.01. The molecule has 0 spiro atoms. The van der Waals surface area contributed by atoms with Crippen LogP contribution in [0.2, 0.25) is 0 Å². The van der Waals surface area contributed by atoms with Gasteiger partial charge in [0, 0.05) is 6.20 Å². The third-order valence-electron chi connectivity index (χ3n) is 2.33. The predicted octanol–water partition coefficient (Wildman–Crippen LogP) is 1.81. The summed E-state index contributed by atoms with van der Waals surface area (Å²) in [7, 11) is 0. The van der Waals surface area contributed by atoms with Gasteiger partial charge >= 0.3 is 0 Å². The zero-order chi connectivity index (χ0) is 12.4. The number of aryl methyl sites for hydroxylation is 2. The number of H-pyrrole nitrogens is 1. The molecule has 0 atom stereocenters. The van der Waals surface area contributed by atoms with Gasteiger partial charge in [0.2, 0.25) is 0 Å². The van der Waals surface area contributed by atoms with E-state index < -0.39 is 11.7 Å². The van der Waals surface area contributed by atoms with Crippen molar-refractivity contribution in [3.63, 3.8) is 0 Å². The highest BCUT2D eigenvalue weighted by Gasteiger charge is 2.12. The van der Waals surface area contributed by atoms with Crippen molar-refractivity contribution >= 4 is 11.6 Å². The van der Waals surface area contributed by atoms with E-state index >= 15 is 0 Å². The molecule has 5 nitrogen and oxygen atoms in total. The maximum Gasteiger partial charge on any atom is 0.257 e. The monoisotopic (exact) mass is 234 g/mol. The van der Waals surface area contributed by atoms with Crippen molar-refractivity contribution in [2.45, 2.75) is 13.8 Å². The second-order valence-electron chi connectivity index (χ2n) is 3.65. The first kappa shape index (κ1) is 11.3. The molecule has 17 heavy (non-hydrogen) atoms. The first-order chi connectivity index (χ1) is 8.08. The molecule has 2 rings (SSSR count). The van der Waals surface area contributed by atoms with Crippen LogP contribution < -0.4 is 5.32 Å². The van der Waals surface area contributed by atoms with E-state index in [1.165, 1.54) is 6.20 Å². The molecule has 0 radical (unpaired) electrons. The van der Waals surface area contributed by atoms with E-state index in [-0.39, 0.29) is 5.56 Å². The summed E-state index contributed by atoms with van der Waals surface area (Å²) in [5.74, 6) is -0.956. The molecular weight excluding hydrogens is 223 g/mol. The van der Waals surface area contributed by atoms with Crippen LogP contribution in [0, 0.1) is 19.7 Å². The number of pyridine rings is 1. The molecule has 2 aromatic heterocycles. The van der Waals surface area contributed by atoms with Gasteiger partial charge in [-0.3, -0.25) is 14.9 Å². The summed E-state index contributed by atoms with van der Waals surface area (Å²) in [5.41, 5.74) is 2.21. The number of carbonyl (C=O) groups excluding carboxylic acids is 1. The van der Waals surface area contributed by atoms with Gasteiger partial charge in [0.05, 0.1) is 28.8 Å². The van der Waals surface area contributed by atoms with Gasteiger partial charge in [-0.05, 0) is 19.9 Å². The predicted molar refractivity (Wildman–Crippen MR) is 60.2 cm³/mol. The van der Waals surface area contributed by atoms with Crippen molar-refractivity contribution in [2.75, 3.05) is 5.32 Å². The van der Waals surface area contributed by atoms with Crippen molar-refractivity contribution < 1.29 is 9.18 Å². The smallest absolute Gasteiger partial charge is 0.257 e. The maximum absolute atomic E-state index is 12.9. The van der Waals surface area contributed by atoms with E-state index in [9.17, 15) is 9.18 Å². The van der Waals surface area contributed by atoms with Crippen LogP contribution in [0.4, 0.5) is 10.1 Å². The number of aromatic nitrogens is 3. The Morgan fingerprint density at radius 2 is 2.18 bits per heavy atom. The lowest BCUT2D eigenvalue weighted by molar-refractivity contribution is 0.102. The van der Waals surface area contributed by atoms with Gasteiger partial charge in [0.25, 0.3) is 5.91 Å². The fourth-order valence-corrected chi connectivity index (χ4v) is 1.46. The van der Waals surface area contributed by atoms with Crippen LogP contribution in [0.15, 0.2) is 18.5 Å². The summed E-state index contributed by atoms with van der Waals surface area (Å²) in [6.45, 7) is 3.56. The summed E-state index contributed by atoms with van der Waals surface area (Å²) in [5, 5.41) is 9.36. The molecule has 0 saturated carbocycles. The standard InChI is InChI=1S/C11H11FN4O/c1-6-10(7(2)16-15-6)14-11(17)8-3-9(12)5-13-4-8/h3-5H,1-2H3,(H,14,17)(H,15,16). The van der Waals surface area contributed by atoms with Crippen LogP contribution in [-0.2, 0) is 0 Å². The SMILES string of the molecule is Cc1n[nH]c(C)c1NC(=O)c1cncc(F)c1. The van der Waals surface area contributed by atoms with Gasteiger partial charge in [0.15, 0.2) is 0 Å². The lowest BCUT2D eigenvalue weighted by Crippen LogP contribution is -2.13. The van der Waals surface area contributed by atoms with Gasteiger partial charge < -0.3 is 5.32 Å².